The normalized spacial score (nSPS) is 16.6. The number of ether oxygens (including phenoxy) is 1. The Bertz CT molecular complexity index is 555. The molecule has 1 heterocycles. The minimum Gasteiger partial charge on any atom is -0.385 e. The molecule has 0 spiro atoms. The molecule has 1 fully saturated rings. The van der Waals surface area contributed by atoms with Crippen LogP contribution >= 0.6 is 39.9 Å². The van der Waals surface area contributed by atoms with Crippen LogP contribution in [0.4, 0.5) is 0 Å². The van der Waals surface area contributed by atoms with Crippen LogP contribution in [0.25, 0.3) is 0 Å². The standard InChI is InChI=1S/C18H31BrN4O.HI/c1-20-17(23(3)13-16-11-15(19)12-22(16)2)21-14-18(9-10-24-4)7-5-6-8-18;/h11-12H,5-10,13-14H2,1-4H3,(H,20,21);1H. The number of aryl methyl sites for hydroxylation is 1. The lowest BCUT2D eigenvalue weighted by molar-refractivity contribution is 0.138. The van der Waals surface area contributed by atoms with Gasteiger partial charge in [0.2, 0.25) is 0 Å². The highest BCUT2D eigenvalue weighted by Gasteiger charge is 2.33. The Balaban J connectivity index is 0.00000312. The number of nitrogens with one attached hydrogen (secondary N) is 1. The molecule has 0 atom stereocenters. The average molecular weight is 527 g/mol. The molecule has 25 heavy (non-hydrogen) atoms. The quantitative estimate of drug-likeness (QED) is 0.331. The van der Waals surface area contributed by atoms with Gasteiger partial charge in [-0.25, -0.2) is 0 Å². The number of hydrogen-bond acceptors (Lipinski definition) is 2. The zero-order chi connectivity index (χ0) is 17.6. The van der Waals surface area contributed by atoms with Crippen molar-refractivity contribution in [1.82, 2.24) is 14.8 Å². The summed E-state index contributed by atoms with van der Waals surface area (Å²) in [5.74, 6) is 0.955. The fraction of sp³-hybridized carbons (Fsp3) is 0.722. The van der Waals surface area contributed by atoms with Crippen molar-refractivity contribution in [2.24, 2.45) is 17.5 Å². The Kier molecular flexibility index (Phi) is 9.80. The maximum absolute atomic E-state index is 5.33. The third kappa shape index (κ3) is 6.43. The maximum atomic E-state index is 5.33. The molecule has 1 aromatic rings. The summed E-state index contributed by atoms with van der Waals surface area (Å²) in [6.07, 6.45) is 8.44. The molecule has 1 saturated carbocycles. The molecule has 0 radical (unpaired) electrons. The Morgan fingerprint density at radius 1 is 1.44 bits per heavy atom. The Hall–Kier alpha value is -0.280. The first-order valence-electron chi connectivity index (χ1n) is 8.71. The van der Waals surface area contributed by atoms with Gasteiger partial charge in [-0.15, -0.1) is 24.0 Å². The first-order chi connectivity index (χ1) is 11.5. The summed E-state index contributed by atoms with van der Waals surface area (Å²) >= 11 is 3.54. The van der Waals surface area contributed by atoms with Crippen LogP contribution in [0.15, 0.2) is 21.7 Å². The smallest absolute Gasteiger partial charge is 0.193 e. The van der Waals surface area contributed by atoms with Crippen LogP contribution in [0.5, 0.6) is 0 Å². The van der Waals surface area contributed by atoms with Crippen molar-refractivity contribution in [3.8, 4) is 0 Å². The first-order valence-corrected chi connectivity index (χ1v) is 9.50. The van der Waals surface area contributed by atoms with Gasteiger partial charge in [0.05, 0.1) is 6.54 Å². The second kappa shape index (κ2) is 10.8. The largest absolute Gasteiger partial charge is 0.385 e. The van der Waals surface area contributed by atoms with Gasteiger partial charge in [0, 0.05) is 57.8 Å². The predicted molar refractivity (Wildman–Crippen MR) is 119 cm³/mol. The summed E-state index contributed by atoms with van der Waals surface area (Å²) in [5.41, 5.74) is 1.61. The maximum Gasteiger partial charge on any atom is 0.193 e. The number of nitrogens with zero attached hydrogens (tertiary/aromatic N) is 3. The lowest BCUT2D eigenvalue weighted by Gasteiger charge is -2.31. The van der Waals surface area contributed by atoms with Gasteiger partial charge in [-0.3, -0.25) is 4.99 Å². The third-order valence-electron chi connectivity index (χ3n) is 5.17. The molecule has 0 aliphatic heterocycles. The van der Waals surface area contributed by atoms with Gasteiger partial charge in [0.1, 0.15) is 0 Å². The highest BCUT2D eigenvalue weighted by atomic mass is 127. The minimum absolute atomic E-state index is 0. The number of methoxy groups -OCH3 is 1. The van der Waals surface area contributed by atoms with Crippen LogP contribution < -0.4 is 5.32 Å². The number of rotatable bonds is 7. The summed E-state index contributed by atoms with van der Waals surface area (Å²) in [6, 6.07) is 2.15. The summed E-state index contributed by atoms with van der Waals surface area (Å²) in [7, 11) is 7.81. The summed E-state index contributed by atoms with van der Waals surface area (Å²) in [4.78, 5) is 6.65. The van der Waals surface area contributed by atoms with Crippen LogP contribution in [-0.2, 0) is 18.3 Å². The van der Waals surface area contributed by atoms with Gasteiger partial charge >= 0.3 is 0 Å². The topological polar surface area (TPSA) is 41.8 Å². The van der Waals surface area contributed by atoms with Crippen LogP contribution in [0.1, 0.15) is 37.8 Å². The molecule has 0 saturated heterocycles. The predicted octanol–water partition coefficient (Wildman–Crippen LogP) is 4.01. The molecule has 0 aromatic carbocycles. The lowest BCUT2D eigenvalue weighted by Crippen LogP contribution is -2.44. The van der Waals surface area contributed by atoms with Crippen LogP contribution in [0.2, 0.25) is 0 Å². The van der Waals surface area contributed by atoms with E-state index in [1.807, 2.05) is 7.05 Å². The molecule has 1 aliphatic carbocycles. The molecule has 1 aromatic heterocycles. The van der Waals surface area contributed by atoms with E-state index < -0.39 is 0 Å². The lowest BCUT2D eigenvalue weighted by atomic mass is 9.83. The molecule has 1 aliphatic rings. The summed E-state index contributed by atoms with van der Waals surface area (Å²) in [5, 5.41) is 3.61. The van der Waals surface area contributed by atoms with Crippen molar-refractivity contribution in [2.75, 3.05) is 34.4 Å². The SMILES string of the molecule is CN=C(NCC1(CCOC)CCCC1)N(C)Cc1cc(Br)cn1C.I. The van der Waals surface area contributed by atoms with E-state index in [2.05, 4.69) is 62.1 Å². The molecule has 144 valence electrons. The van der Waals surface area contributed by atoms with E-state index in [0.29, 0.717) is 5.41 Å². The molecule has 5 nitrogen and oxygen atoms in total. The van der Waals surface area contributed by atoms with Crippen molar-refractivity contribution < 1.29 is 4.74 Å². The molecular formula is C18H32BrIN4O. The average Bonchev–Trinajstić information content (AvgIpc) is 3.13. The fourth-order valence-electron chi connectivity index (χ4n) is 3.65. The number of aromatic nitrogens is 1. The van der Waals surface area contributed by atoms with Crippen LogP contribution in [0.3, 0.4) is 0 Å². The van der Waals surface area contributed by atoms with Gasteiger partial charge in [-0.2, -0.15) is 0 Å². The van der Waals surface area contributed by atoms with E-state index in [9.17, 15) is 0 Å². The van der Waals surface area contributed by atoms with E-state index in [0.717, 1.165) is 36.5 Å². The second-order valence-corrected chi connectivity index (χ2v) is 7.88. The highest BCUT2D eigenvalue weighted by Crippen LogP contribution is 2.40. The van der Waals surface area contributed by atoms with Crippen molar-refractivity contribution in [3.05, 3.63) is 22.4 Å². The number of aliphatic imine (C=N–C) groups is 1. The highest BCUT2D eigenvalue weighted by molar-refractivity contribution is 14.0. The zero-order valence-corrected chi connectivity index (χ0v) is 19.8. The Labute approximate surface area is 177 Å². The third-order valence-corrected chi connectivity index (χ3v) is 5.60. The first kappa shape index (κ1) is 22.8. The molecule has 0 amide bonds. The Morgan fingerprint density at radius 2 is 2.12 bits per heavy atom. The van der Waals surface area contributed by atoms with E-state index in [4.69, 9.17) is 4.74 Å². The minimum atomic E-state index is 0. The van der Waals surface area contributed by atoms with Crippen molar-refractivity contribution in [1.29, 1.82) is 0 Å². The summed E-state index contributed by atoms with van der Waals surface area (Å²) < 4.78 is 8.58. The van der Waals surface area contributed by atoms with E-state index in [1.54, 1.807) is 7.11 Å². The molecule has 7 heteroatoms. The van der Waals surface area contributed by atoms with Crippen molar-refractivity contribution >= 4 is 45.9 Å². The molecule has 0 bridgehead atoms. The van der Waals surface area contributed by atoms with Crippen LogP contribution in [0, 0.1) is 5.41 Å². The number of halogens is 2. The van der Waals surface area contributed by atoms with Crippen molar-refractivity contribution in [2.45, 2.75) is 38.6 Å². The monoisotopic (exact) mass is 526 g/mol. The molecule has 1 N–H and O–H groups in total. The Morgan fingerprint density at radius 3 is 2.64 bits per heavy atom. The van der Waals surface area contributed by atoms with Gasteiger partial charge in [-0.05, 0) is 46.7 Å². The van der Waals surface area contributed by atoms with Gasteiger partial charge in [0.15, 0.2) is 5.96 Å². The van der Waals surface area contributed by atoms with Gasteiger partial charge in [0.25, 0.3) is 0 Å². The fourth-order valence-corrected chi connectivity index (χ4v) is 4.22. The van der Waals surface area contributed by atoms with E-state index >= 15 is 0 Å². The van der Waals surface area contributed by atoms with E-state index in [-0.39, 0.29) is 24.0 Å². The van der Waals surface area contributed by atoms with E-state index in [1.165, 1.54) is 31.4 Å². The molecule has 2 rings (SSSR count). The number of hydrogen-bond donors (Lipinski definition) is 1. The number of guanidine groups is 1. The van der Waals surface area contributed by atoms with Gasteiger partial charge in [-0.1, -0.05) is 12.8 Å². The molecule has 0 unspecified atom stereocenters. The molecular weight excluding hydrogens is 495 g/mol. The van der Waals surface area contributed by atoms with Crippen molar-refractivity contribution in [3.63, 3.8) is 0 Å². The zero-order valence-electron chi connectivity index (χ0n) is 15.8. The second-order valence-electron chi connectivity index (χ2n) is 6.97. The van der Waals surface area contributed by atoms with Crippen LogP contribution in [-0.4, -0.2) is 49.8 Å². The van der Waals surface area contributed by atoms with Gasteiger partial charge < -0.3 is 19.5 Å². The summed E-state index contributed by atoms with van der Waals surface area (Å²) in [6.45, 7) is 2.64.